The summed E-state index contributed by atoms with van der Waals surface area (Å²) in [5, 5.41) is 8.97. The fourth-order valence-electron chi connectivity index (χ4n) is 1.84. The number of ether oxygens (including phenoxy) is 1. The summed E-state index contributed by atoms with van der Waals surface area (Å²) in [6.07, 6.45) is 1.18. The number of H-pyrrole nitrogens is 1. The first kappa shape index (κ1) is 12.9. The molecule has 19 heavy (non-hydrogen) atoms. The van der Waals surface area contributed by atoms with Crippen molar-refractivity contribution in [2.24, 2.45) is 0 Å². The second kappa shape index (κ2) is 4.97. The molecule has 1 aromatic carbocycles. The fraction of sp³-hybridized carbons (Fsp3) is 0.143. The lowest BCUT2D eigenvalue weighted by Gasteiger charge is -2.09. The molecule has 0 aliphatic carbocycles. The highest BCUT2D eigenvalue weighted by Gasteiger charge is 2.13. The molecule has 0 aliphatic heterocycles. The minimum atomic E-state index is -1.09. The normalized spacial score (nSPS) is 10.2. The summed E-state index contributed by atoms with van der Waals surface area (Å²) in [5.41, 5.74) is 1.48. The van der Waals surface area contributed by atoms with E-state index in [0.29, 0.717) is 11.3 Å². The van der Waals surface area contributed by atoms with Crippen LogP contribution in [-0.2, 0) is 0 Å². The Morgan fingerprint density at radius 3 is 2.63 bits per heavy atom. The van der Waals surface area contributed by atoms with Gasteiger partial charge in [0.15, 0.2) is 0 Å². The quantitative estimate of drug-likeness (QED) is 0.884. The maximum absolute atomic E-state index is 11.9. The van der Waals surface area contributed by atoms with Gasteiger partial charge in [0.25, 0.3) is 5.56 Å². The van der Waals surface area contributed by atoms with E-state index < -0.39 is 5.97 Å². The lowest BCUT2D eigenvalue weighted by molar-refractivity contribution is 0.0696. The van der Waals surface area contributed by atoms with Crippen molar-refractivity contribution < 1.29 is 14.6 Å². The van der Waals surface area contributed by atoms with E-state index in [0.717, 1.165) is 5.56 Å². The number of rotatable bonds is 3. The number of carboxylic acids is 1. The van der Waals surface area contributed by atoms with Crippen LogP contribution in [0.25, 0.3) is 11.1 Å². The first-order valence-electron chi connectivity index (χ1n) is 5.64. The van der Waals surface area contributed by atoms with Gasteiger partial charge < -0.3 is 14.8 Å². The molecule has 0 saturated carbocycles. The average Bonchev–Trinajstić information content (AvgIpc) is 2.39. The number of carboxylic acid groups (broad SMARTS) is 1. The van der Waals surface area contributed by atoms with Crippen molar-refractivity contribution >= 4 is 5.97 Å². The Kier molecular flexibility index (Phi) is 3.37. The zero-order valence-electron chi connectivity index (χ0n) is 10.6. The number of carbonyl (C=O) groups is 1. The zero-order valence-corrected chi connectivity index (χ0v) is 10.6. The smallest absolute Gasteiger partial charge is 0.337 e. The molecule has 0 amide bonds. The fourth-order valence-corrected chi connectivity index (χ4v) is 1.84. The standard InChI is InChI=1S/C14H13NO4/c1-8-3-4-12(19-2)10(5-8)11-6-9(14(17)18)7-15-13(11)16/h3-7H,1-2H3,(H,15,16)(H,17,18). The molecule has 0 radical (unpaired) electrons. The van der Waals surface area contributed by atoms with Crippen LogP contribution in [0.1, 0.15) is 15.9 Å². The number of benzene rings is 1. The van der Waals surface area contributed by atoms with Crippen LogP contribution in [0.3, 0.4) is 0 Å². The minimum Gasteiger partial charge on any atom is -0.496 e. The molecular weight excluding hydrogens is 246 g/mol. The van der Waals surface area contributed by atoms with Crippen LogP contribution in [0, 0.1) is 6.92 Å². The first-order chi connectivity index (χ1) is 9.02. The molecule has 2 aromatic rings. The minimum absolute atomic E-state index is 0.0261. The van der Waals surface area contributed by atoms with Crippen LogP contribution >= 0.6 is 0 Å². The Bertz CT molecular complexity index is 688. The molecule has 0 fully saturated rings. The van der Waals surface area contributed by atoms with E-state index in [9.17, 15) is 9.59 Å². The lowest BCUT2D eigenvalue weighted by Crippen LogP contribution is -2.12. The van der Waals surface area contributed by atoms with Crippen molar-refractivity contribution in [2.45, 2.75) is 6.92 Å². The van der Waals surface area contributed by atoms with Crippen LogP contribution in [-0.4, -0.2) is 23.2 Å². The van der Waals surface area contributed by atoms with Crippen molar-refractivity contribution in [3.8, 4) is 16.9 Å². The van der Waals surface area contributed by atoms with E-state index in [-0.39, 0.29) is 16.7 Å². The maximum atomic E-state index is 11.9. The number of nitrogens with one attached hydrogen (secondary N) is 1. The van der Waals surface area contributed by atoms with Gasteiger partial charge >= 0.3 is 5.97 Å². The third kappa shape index (κ3) is 2.49. The second-order valence-corrected chi connectivity index (χ2v) is 4.14. The molecule has 1 aromatic heterocycles. The third-order valence-corrected chi connectivity index (χ3v) is 2.80. The van der Waals surface area contributed by atoms with Gasteiger partial charge in [-0.1, -0.05) is 11.6 Å². The Balaban J connectivity index is 2.70. The molecule has 0 atom stereocenters. The Labute approximate surface area is 109 Å². The molecule has 2 rings (SSSR count). The Hall–Kier alpha value is -2.56. The van der Waals surface area contributed by atoms with Gasteiger partial charge in [-0.2, -0.15) is 0 Å². The summed E-state index contributed by atoms with van der Waals surface area (Å²) in [6.45, 7) is 1.89. The molecule has 0 bridgehead atoms. The van der Waals surface area contributed by atoms with Crippen LogP contribution in [0.5, 0.6) is 5.75 Å². The second-order valence-electron chi connectivity index (χ2n) is 4.14. The van der Waals surface area contributed by atoms with Crippen LogP contribution in [0.2, 0.25) is 0 Å². The topological polar surface area (TPSA) is 79.4 Å². The number of hydrogen-bond acceptors (Lipinski definition) is 3. The first-order valence-corrected chi connectivity index (χ1v) is 5.64. The maximum Gasteiger partial charge on any atom is 0.337 e. The summed E-state index contributed by atoms with van der Waals surface area (Å²) >= 11 is 0. The lowest BCUT2D eigenvalue weighted by atomic mass is 10.0. The molecule has 0 spiro atoms. The highest BCUT2D eigenvalue weighted by Crippen LogP contribution is 2.28. The summed E-state index contributed by atoms with van der Waals surface area (Å²) in [4.78, 5) is 25.3. The predicted octanol–water partition coefficient (Wildman–Crippen LogP) is 2.06. The molecule has 2 N–H and O–H groups in total. The molecule has 5 nitrogen and oxygen atoms in total. The van der Waals surface area contributed by atoms with E-state index in [1.54, 1.807) is 12.1 Å². The summed E-state index contributed by atoms with van der Waals surface area (Å²) in [7, 11) is 1.50. The monoisotopic (exact) mass is 259 g/mol. The zero-order chi connectivity index (χ0) is 14.0. The van der Waals surface area contributed by atoms with E-state index >= 15 is 0 Å². The van der Waals surface area contributed by atoms with Gasteiger partial charge in [-0.25, -0.2) is 4.79 Å². The summed E-state index contributed by atoms with van der Waals surface area (Å²) in [5.74, 6) is -0.567. The Morgan fingerprint density at radius 2 is 2.00 bits per heavy atom. The molecule has 0 saturated heterocycles. The number of methoxy groups -OCH3 is 1. The van der Waals surface area contributed by atoms with Crippen molar-refractivity contribution in [1.82, 2.24) is 4.98 Å². The van der Waals surface area contributed by atoms with Crippen molar-refractivity contribution in [3.63, 3.8) is 0 Å². The van der Waals surface area contributed by atoms with E-state index in [1.807, 2.05) is 13.0 Å². The number of pyridine rings is 1. The van der Waals surface area contributed by atoms with Crippen molar-refractivity contribution in [1.29, 1.82) is 0 Å². The van der Waals surface area contributed by atoms with Crippen LogP contribution in [0.4, 0.5) is 0 Å². The molecule has 0 unspecified atom stereocenters. The van der Waals surface area contributed by atoms with E-state index in [4.69, 9.17) is 9.84 Å². The van der Waals surface area contributed by atoms with Crippen LogP contribution < -0.4 is 10.3 Å². The van der Waals surface area contributed by atoms with Gasteiger partial charge in [0.2, 0.25) is 0 Å². The highest BCUT2D eigenvalue weighted by molar-refractivity contribution is 5.89. The van der Waals surface area contributed by atoms with E-state index in [2.05, 4.69) is 4.98 Å². The number of aryl methyl sites for hydroxylation is 1. The average molecular weight is 259 g/mol. The third-order valence-electron chi connectivity index (χ3n) is 2.80. The van der Waals surface area contributed by atoms with Gasteiger partial charge in [-0.3, -0.25) is 4.79 Å². The molecule has 1 heterocycles. The summed E-state index contributed by atoms with van der Waals surface area (Å²) in [6, 6.07) is 6.74. The van der Waals surface area contributed by atoms with Crippen molar-refractivity contribution in [3.05, 3.63) is 51.9 Å². The van der Waals surface area contributed by atoms with Gasteiger partial charge in [-0.15, -0.1) is 0 Å². The number of aromatic nitrogens is 1. The number of aromatic amines is 1. The van der Waals surface area contributed by atoms with Gasteiger partial charge in [0, 0.05) is 11.8 Å². The van der Waals surface area contributed by atoms with Crippen LogP contribution in [0.15, 0.2) is 35.3 Å². The van der Waals surface area contributed by atoms with Crippen molar-refractivity contribution in [2.75, 3.05) is 7.11 Å². The Morgan fingerprint density at radius 1 is 1.26 bits per heavy atom. The molecule has 0 aliphatic rings. The SMILES string of the molecule is COc1ccc(C)cc1-c1cc(C(=O)O)c[nH]c1=O. The molecule has 5 heteroatoms. The molecule has 98 valence electrons. The molecular formula is C14H13NO4. The van der Waals surface area contributed by atoms with Gasteiger partial charge in [0.1, 0.15) is 5.75 Å². The summed E-state index contributed by atoms with van der Waals surface area (Å²) < 4.78 is 5.21. The largest absolute Gasteiger partial charge is 0.496 e. The van der Waals surface area contributed by atoms with Gasteiger partial charge in [0.05, 0.1) is 18.2 Å². The highest BCUT2D eigenvalue weighted by atomic mass is 16.5. The number of hydrogen-bond donors (Lipinski definition) is 2. The van der Waals surface area contributed by atoms with Gasteiger partial charge in [-0.05, 0) is 25.1 Å². The predicted molar refractivity (Wildman–Crippen MR) is 70.7 cm³/mol. The number of aromatic carboxylic acids is 1. The van der Waals surface area contributed by atoms with E-state index in [1.165, 1.54) is 19.4 Å².